The van der Waals surface area contributed by atoms with Gasteiger partial charge in [-0.15, -0.1) is 0 Å². The van der Waals surface area contributed by atoms with Gasteiger partial charge in [-0.25, -0.2) is 0 Å². The first kappa shape index (κ1) is 5.65. The molecule has 0 amide bonds. The summed E-state index contributed by atoms with van der Waals surface area (Å²) < 4.78 is 10.6. The summed E-state index contributed by atoms with van der Waals surface area (Å²) in [4.78, 5) is 3.03. The zero-order valence-corrected chi connectivity index (χ0v) is 5.81. The predicted molar refractivity (Wildman–Crippen MR) is 36.5 cm³/mol. The highest BCUT2D eigenvalue weighted by Gasteiger charge is 2.14. The van der Waals surface area contributed by atoms with Crippen LogP contribution in [0.4, 0.5) is 0 Å². The van der Waals surface area contributed by atoms with E-state index in [0.29, 0.717) is 13.2 Å². The van der Waals surface area contributed by atoms with Gasteiger partial charge in [0, 0.05) is 6.20 Å². The molecule has 0 saturated carbocycles. The molecule has 2 heterocycles. The molecule has 3 nitrogen and oxygen atoms in total. The third-order valence-electron chi connectivity index (χ3n) is 1.57. The number of hydrogen-bond donors (Lipinski definition) is 1. The number of hydrogen-bond acceptors (Lipinski definition) is 2. The van der Waals surface area contributed by atoms with Crippen LogP contribution < -0.4 is 9.47 Å². The van der Waals surface area contributed by atoms with Gasteiger partial charge in [-0.3, -0.25) is 0 Å². The van der Waals surface area contributed by atoms with Crippen LogP contribution in [-0.4, -0.2) is 18.2 Å². The number of aromatic nitrogens is 1. The van der Waals surface area contributed by atoms with Crippen molar-refractivity contribution in [1.82, 2.24) is 4.98 Å². The maximum Gasteiger partial charge on any atom is 0.181 e. The minimum absolute atomic E-state index is 0.657. The van der Waals surface area contributed by atoms with Crippen LogP contribution in [0, 0.1) is 6.92 Å². The molecule has 1 aromatic rings. The van der Waals surface area contributed by atoms with Crippen molar-refractivity contribution in [3.63, 3.8) is 0 Å². The number of ether oxygens (including phenoxy) is 2. The van der Waals surface area contributed by atoms with Crippen LogP contribution >= 0.6 is 0 Å². The molecule has 1 aliphatic heterocycles. The molecule has 0 aliphatic carbocycles. The molecule has 10 heavy (non-hydrogen) atoms. The normalized spacial score (nSPS) is 15.3. The average Bonchev–Trinajstić information content (AvgIpc) is 2.34. The molecule has 0 unspecified atom stereocenters. The van der Waals surface area contributed by atoms with Crippen molar-refractivity contribution in [2.24, 2.45) is 0 Å². The molecule has 0 fully saturated rings. The van der Waals surface area contributed by atoms with E-state index in [9.17, 15) is 0 Å². The lowest BCUT2D eigenvalue weighted by Crippen LogP contribution is -2.14. The zero-order valence-electron chi connectivity index (χ0n) is 5.81. The van der Waals surface area contributed by atoms with Crippen molar-refractivity contribution in [3.8, 4) is 11.5 Å². The smallest absolute Gasteiger partial charge is 0.181 e. The van der Waals surface area contributed by atoms with Gasteiger partial charge in [0.25, 0.3) is 0 Å². The molecule has 0 atom stereocenters. The molecule has 3 heteroatoms. The number of fused-ring (bicyclic) bond motifs is 1. The highest BCUT2D eigenvalue weighted by Crippen LogP contribution is 2.32. The van der Waals surface area contributed by atoms with E-state index in [1.165, 1.54) is 0 Å². The standard InChI is InChI=1S/C7H9NO2/c1-5-7-6(4-8-5)9-2-3-10-7/h4,8H,2-3H2,1H3. The van der Waals surface area contributed by atoms with Crippen LogP contribution in [0.5, 0.6) is 11.5 Å². The van der Waals surface area contributed by atoms with Gasteiger partial charge in [0.2, 0.25) is 0 Å². The van der Waals surface area contributed by atoms with Crippen LogP contribution in [-0.2, 0) is 0 Å². The Morgan fingerprint density at radius 3 is 3.00 bits per heavy atom. The van der Waals surface area contributed by atoms with Crippen molar-refractivity contribution in [3.05, 3.63) is 11.9 Å². The first-order chi connectivity index (χ1) is 4.88. The summed E-state index contributed by atoms with van der Waals surface area (Å²) in [6.45, 7) is 3.28. The third-order valence-corrected chi connectivity index (χ3v) is 1.57. The largest absolute Gasteiger partial charge is 0.485 e. The lowest BCUT2D eigenvalue weighted by Gasteiger charge is -2.14. The van der Waals surface area contributed by atoms with Crippen LogP contribution in [0.15, 0.2) is 6.20 Å². The van der Waals surface area contributed by atoms with Crippen LogP contribution in [0.1, 0.15) is 5.69 Å². The van der Waals surface area contributed by atoms with Gasteiger partial charge in [0.1, 0.15) is 13.2 Å². The van der Waals surface area contributed by atoms with E-state index >= 15 is 0 Å². The first-order valence-corrected chi connectivity index (χ1v) is 3.31. The fourth-order valence-electron chi connectivity index (χ4n) is 1.07. The van der Waals surface area contributed by atoms with E-state index in [1.807, 2.05) is 13.1 Å². The van der Waals surface area contributed by atoms with E-state index < -0.39 is 0 Å². The van der Waals surface area contributed by atoms with Gasteiger partial charge in [-0.05, 0) is 6.92 Å². The highest BCUT2D eigenvalue weighted by molar-refractivity contribution is 5.43. The molecule has 1 aliphatic rings. The second-order valence-corrected chi connectivity index (χ2v) is 2.30. The Hall–Kier alpha value is -1.12. The Bertz CT molecular complexity index is 242. The van der Waals surface area contributed by atoms with E-state index in [0.717, 1.165) is 17.2 Å². The molecular formula is C7H9NO2. The van der Waals surface area contributed by atoms with Gasteiger partial charge in [-0.1, -0.05) is 0 Å². The Kier molecular flexibility index (Phi) is 1.09. The molecule has 0 saturated heterocycles. The minimum Gasteiger partial charge on any atom is -0.485 e. The van der Waals surface area contributed by atoms with Crippen molar-refractivity contribution >= 4 is 0 Å². The van der Waals surface area contributed by atoms with Crippen LogP contribution in [0.3, 0.4) is 0 Å². The van der Waals surface area contributed by atoms with Crippen molar-refractivity contribution in [2.45, 2.75) is 6.92 Å². The lowest BCUT2D eigenvalue weighted by molar-refractivity contribution is 0.172. The monoisotopic (exact) mass is 139 g/mol. The molecule has 2 rings (SSSR count). The Morgan fingerprint density at radius 1 is 1.40 bits per heavy atom. The van der Waals surface area contributed by atoms with Gasteiger partial charge in [0.05, 0.1) is 5.69 Å². The van der Waals surface area contributed by atoms with Crippen molar-refractivity contribution in [1.29, 1.82) is 0 Å². The maximum absolute atomic E-state index is 5.34. The molecule has 0 bridgehead atoms. The van der Waals surface area contributed by atoms with E-state index in [1.54, 1.807) is 0 Å². The summed E-state index contributed by atoms with van der Waals surface area (Å²) in [5.41, 5.74) is 1.04. The maximum atomic E-state index is 5.34. The van der Waals surface area contributed by atoms with Gasteiger partial charge < -0.3 is 14.5 Å². The third kappa shape index (κ3) is 0.667. The van der Waals surface area contributed by atoms with Gasteiger partial charge >= 0.3 is 0 Å². The second kappa shape index (κ2) is 1.94. The van der Waals surface area contributed by atoms with E-state index in [-0.39, 0.29) is 0 Å². The number of H-pyrrole nitrogens is 1. The summed E-state index contributed by atoms with van der Waals surface area (Å²) in [7, 11) is 0. The number of aromatic amines is 1. The zero-order chi connectivity index (χ0) is 6.97. The summed E-state index contributed by atoms with van der Waals surface area (Å²) in [6, 6.07) is 0. The molecule has 54 valence electrons. The van der Waals surface area contributed by atoms with Crippen LogP contribution in [0.25, 0.3) is 0 Å². The fourth-order valence-corrected chi connectivity index (χ4v) is 1.07. The summed E-state index contributed by atoms with van der Waals surface area (Å²) in [5, 5.41) is 0. The molecular weight excluding hydrogens is 130 g/mol. The van der Waals surface area contributed by atoms with Crippen molar-refractivity contribution in [2.75, 3.05) is 13.2 Å². The minimum atomic E-state index is 0.657. The Morgan fingerprint density at radius 2 is 2.20 bits per heavy atom. The summed E-state index contributed by atoms with van der Waals surface area (Å²) in [5.74, 6) is 1.70. The molecule has 0 spiro atoms. The van der Waals surface area contributed by atoms with Crippen LogP contribution in [0.2, 0.25) is 0 Å². The van der Waals surface area contributed by atoms with Gasteiger partial charge in [-0.2, -0.15) is 0 Å². The topological polar surface area (TPSA) is 34.2 Å². The quantitative estimate of drug-likeness (QED) is 0.584. The van der Waals surface area contributed by atoms with E-state index in [4.69, 9.17) is 9.47 Å². The van der Waals surface area contributed by atoms with E-state index in [2.05, 4.69) is 4.98 Å². The summed E-state index contributed by atoms with van der Waals surface area (Å²) >= 11 is 0. The first-order valence-electron chi connectivity index (χ1n) is 3.31. The molecule has 1 N–H and O–H groups in total. The highest BCUT2D eigenvalue weighted by atomic mass is 16.6. The second-order valence-electron chi connectivity index (χ2n) is 2.30. The Labute approximate surface area is 59.0 Å². The van der Waals surface area contributed by atoms with Gasteiger partial charge in [0.15, 0.2) is 11.5 Å². The van der Waals surface area contributed by atoms with Crippen molar-refractivity contribution < 1.29 is 9.47 Å². The fraction of sp³-hybridized carbons (Fsp3) is 0.429. The summed E-state index contributed by atoms with van der Waals surface area (Å²) in [6.07, 6.45) is 1.82. The molecule has 0 radical (unpaired) electrons. The number of nitrogens with one attached hydrogen (secondary N) is 1. The Balaban J connectivity index is 2.45. The lowest BCUT2D eigenvalue weighted by atomic mass is 10.4. The number of rotatable bonds is 0. The molecule has 1 aromatic heterocycles. The predicted octanol–water partition coefficient (Wildman–Crippen LogP) is 1.09. The molecule has 0 aromatic carbocycles. The number of aryl methyl sites for hydroxylation is 1. The average molecular weight is 139 g/mol. The SMILES string of the molecule is Cc1[nH]cc2c1OCCO2.